The van der Waals surface area contributed by atoms with Gasteiger partial charge in [-0.3, -0.25) is 9.36 Å². The highest BCUT2D eigenvalue weighted by Gasteiger charge is 2.51. The summed E-state index contributed by atoms with van der Waals surface area (Å²) in [5.41, 5.74) is 2.45. The van der Waals surface area contributed by atoms with Gasteiger partial charge in [-0.25, -0.2) is 14.7 Å². The van der Waals surface area contributed by atoms with E-state index in [0.29, 0.717) is 28.1 Å². The number of carbonyl (C=O) groups is 2. The second-order valence-electron chi connectivity index (χ2n) is 9.05. The highest BCUT2D eigenvalue weighted by atomic mass is 35.5. The number of carbonyl (C=O) groups excluding carboxylic acids is 2. The summed E-state index contributed by atoms with van der Waals surface area (Å²) in [5, 5.41) is 0.774. The Kier molecular flexibility index (Phi) is 6.33. The van der Waals surface area contributed by atoms with Crippen molar-refractivity contribution in [1.29, 1.82) is 0 Å². The van der Waals surface area contributed by atoms with E-state index in [1.54, 1.807) is 29.7 Å². The SMILES string of the molecule is Cc1ccc(CC2(C)C(=O)N(c3cc(Cl)cc(Cl)c3)c3ncc(C(=O)OCc4ccccc4)n32)cc1. The molecule has 1 aliphatic heterocycles. The van der Waals surface area contributed by atoms with Crippen molar-refractivity contribution in [3.8, 4) is 0 Å². The summed E-state index contributed by atoms with van der Waals surface area (Å²) in [6.07, 6.45) is 1.79. The summed E-state index contributed by atoms with van der Waals surface area (Å²) in [6, 6.07) is 22.3. The first-order valence-electron chi connectivity index (χ1n) is 11.4. The van der Waals surface area contributed by atoms with Gasteiger partial charge in [0, 0.05) is 16.5 Å². The lowest BCUT2D eigenvalue weighted by Gasteiger charge is -2.26. The molecule has 3 aromatic carbocycles. The molecule has 0 fully saturated rings. The minimum atomic E-state index is -1.14. The van der Waals surface area contributed by atoms with Gasteiger partial charge in [-0.2, -0.15) is 0 Å². The molecule has 0 bridgehead atoms. The summed E-state index contributed by atoms with van der Waals surface area (Å²) in [4.78, 5) is 33.2. The molecule has 0 aliphatic carbocycles. The highest BCUT2D eigenvalue weighted by Crippen LogP contribution is 2.43. The van der Waals surface area contributed by atoms with Gasteiger partial charge in [0.2, 0.25) is 5.95 Å². The number of aromatic nitrogens is 2. The average Bonchev–Trinajstić information content (AvgIpc) is 3.37. The standard InChI is InChI=1S/C28H23Cl2N3O3/c1-18-8-10-19(11-9-18)15-28(2)26(35)32(23-13-21(29)12-22(30)14-23)27-31-16-24(33(27)28)25(34)36-17-20-6-4-3-5-7-20/h3-14,16H,15,17H2,1-2H3. The van der Waals surface area contributed by atoms with Gasteiger partial charge >= 0.3 is 5.97 Å². The Morgan fingerprint density at radius 3 is 2.31 bits per heavy atom. The molecule has 8 heteroatoms. The quantitative estimate of drug-likeness (QED) is 0.273. The summed E-state index contributed by atoms with van der Waals surface area (Å²) < 4.78 is 7.26. The van der Waals surface area contributed by atoms with Crippen molar-refractivity contribution >= 4 is 46.7 Å². The number of amides is 1. The minimum absolute atomic E-state index is 0.108. The summed E-state index contributed by atoms with van der Waals surface area (Å²) in [5.74, 6) is -0.507. The van der Waals surface area contributed by atoms with Crippen LogP contribution in [-0.4, -0.2) is 21.4 Å². The van der Waals surface area contributed by atoms with Crippen molar-refractivity contribution in [2.24, 2.45) is 0 Å². The Hall–Kier alpha value is -3.61. The van der Waals surface area contributed by atoms with Crippen LogP contribution in [0.1, 0.15) is 34.1 Å². The number of hydrogen-bond acceptors (Lipinski definition) is 4. The molecule has 0 saturated carbocycles. The molecule has 1 aliphatic rings. The third-order valence-corrected chi connectivity index (χ3v) is 6.73. The van der Waals surface area contributed by atoms with Gasteiger partial charge in [0.05, 0.1) is 11.9 Å². The summed E-state index contributed by atoms with van der Waals surface area (Å²) in [6.45, 7) is 3.92. The lowest BCUT2D eigenvalue weighted by molar-refractivity contribution is -0.123. The number of halogens is 2. The number of fused-ring (bicyclic) bond motifs is 1. The number of benzene rings is 3. The van der Waals surface area contributed by atoms with Crippen LogP contribution in [0.2, 0.25) is 10.0 Å². The van der Waals surface area contributed by atoms with Gasteiger partial charge in [-0.1, -0.05) is 83.4 Å². The van der Waals surface area contributed by atoms with Crippen molar-refractivity contribution in [3.05, 3.63) is 111 Å². The van der Waals surface area contributed by atoms with Gasteiger partial charge < -0.3 is 4.74 Å². The van der Waals surface area contributed by atoms with Crippen LogP contribution < -0.4 is 4.90 Å². The molecular weight excluding hydrogens is 497 g/mol. The van der Waals surface area contributed by atoms with Gasteiger partial charge in [0.1, 0.15) is 17.8 Å². The fourth-order valence-corrected chi connectivity index (χ4v) is 5.03. The van der Waals surface area contributed by atoms with E-state index in [1.165, 1.54) is 11.1 Å². The van der Waals surface area contributed by atoms with E-state index in [1.807, 2.05) is 61.5 Å². The first kappa shape index (κ1) is 24.1. The van der Waals surface area contributed by atoms with Gasteiger partial charge in [-0.15, -0.1) is 0 Å². The van der Waals surface area contributed by atoms with Crippen LogP contribution in [0.4, 0.5) is 11.6 Å². The fraction of sp³-hybridized carbons (Fsp3) is 0.179. The third-order valence-electron chi connectivity index (χ3n) is 6.30. The molecule has 0 N–H and O–H groups in total. The number of hydrogen-bond donors (Lipinski definition) is 0. The zero-order chi connectivity index (χ0) is 25.4. The van der Waals surface area contributed by atoms with E-state index >= 15 is 0 Å². The van der Waals surface area contributed by atoms with Crippen LogP contribution in [0.3, 0.4) is 0 Å². The number of nitrogens with zero attached hydrogens (tertiary/aromatic N) is 3. The van der Waals surface area contributed by atoms with E-state index in [9.17, 15) is 9.59 Å². The molecular formula is C28H23Cl2N3O3. The van der Waals surface area contributed by atoms with Crippen LogP contribution in [0, 0.1) is 6.92 Å². The number of esters is 1. The Bertz CT molecular complexity index is 1430. The van der Waals surface area contributed by atoms with Crippen LogP contribution in [0.15, 0.2) is 79.0 Å². The Morgan fingerprint density at radius 2 is 1.64 bits per heavy atom. The Labute approximate surface area is 219 Å². The van der Waals surface area contributed by atoms with E-state index in [2.05, 4.69) is 4.98 Å². The van der Waals surface area contributed by atoms with E-state index < -0.39 is 11.5 Å². The predicted molar refractivity (Wildman–Crippen MR) is 140 cm³/mol. The number of rotatable bonds is 6. The van der Waals surface area contributed by atoms with Gasteiger partial charge in [0.15, 0.2) is 0 Å². The monoisotopic (exact) mass is 519 g/mol. The van der Waals surface area contributed by atoms with Crippen LogP contribution >= 0.6 is 23.2 Å². The molecule has 182 valence electrons. The number of anilines is 2. The van der Waals surface area contributed by atoms with E-state index in [0.717, 1.165) is 16.7 Å². The molecule has 0 radical (unpaired) electrons. The Morgan fingerprint density at radius 1 is 0.972 bits per heavy atom. The largest absolute Gasteiger partial charge is 0.456 e. The highest BCUT2D eigenvalue weighted by molar-refractivity contribution is 6.35. The van der Waals surface area contributed by atoms with Crippen LogP contribution in [-0.2, 0) is 28.1 Å². The second kappa shape index (κ2) is 9.45. The Balaban J connectivity index is 1.57. The number of aryl methyl sites for hydroxylation is 1. The molecule has 1 amide bonds. The molecule has 1 unspecified atom stereocenters. The molecule has 0 saturated heterocycles. The number of imidazole rings is 1. The zero-order valence-electron chi connectivity index (χ0n) is 19.7. The predicted octanol–water partition coefficient (Wildman–Crippen LogP) is 6.49. The normalized spacial score (nSPS) is 16.8. The molecule has 36 heavy (non-hydrogen) atoms. The number of ether oxygens (including phenoxy) is 1. The molecule has 5 rings (SSSR count). The van der Waals surface area contributed by atoms with Crippen LogP contribution in [0.25, 0.3) is 0 Å². The van der Waals surface area contributed by atoms with Crippen LogP contribution in [0.5, 0.6) is 0 Å². The van der Waals surface area contributed by atoms with E-state index in [-0.39, 0.29) is 18.2 Å². The molecule has 2 heterocycles. The first-order valence-corrected chi connectivity index (χ1v) is 12.2. The molecule has 4 aromatic rings. The maximum absolute atomic E-state index is 14.0. The third kappa shape index (κ3) is 4.38. The smallest absolute Gasteiger partial charge is 0.357 e. The van der Waals surface area contributed by atoms with Gasteiger partial charge in [-0.05, 0) is 43.2 Å². The fourth-order valence-electron chi connectivity index (χ4n) is 4.51. The van der Waals surface area contributed by atoms with Crippen molar-refractivity contribution in [2.75, 3.05) is 4.90 Å². The lowest BCUT2D eigenvalue weighted by atomic mass is 9.91. The zero-order valence-corrected chi connectivity index (χ0v) is 21.3. The van der Waals surface area contributed by atoms with Crippen molar-refractivity contribution in [1.82, 2.24) is 9.55 Å². The van der Waals surface area contributed by atoms with Gasteiger partial charge in [0.25, 0.3) is 5.91 Å². The maximum atomic E-state index is 14.0. The summed E-state index contributed by atoms with van der Waals surface area (Å²) in [7, 11) is 0. The van der Waals surface area contributed by atoms with Crippen molar-refractivity contribution in [3.63, 3.8) is 0 Å². The first-order chi connectivity index (χ1) is 17.3. The van der Waals surface area contributed by atoms with Crippen molar-refractivity contribution in [2.45, 2.75) is 32.4 Å². The van der Waals surface area contributed by atoms with Crippen molar-refractivity contribution < 1.29 is 14.3 Å². The summed E-state index contributed by atoms with van der Waals surface area (Å²) >= 11 is 12.5. The molecule has 0 spiro atoms. The molecule has 6 nitrogen and oxygen atoms in total. The lowest BCUT2D eigenvalue weighted by Crippen LogP contribution is -2.42. The molecule has 1 aromatic heterocycles. The van der Waals surface area contributed by atoms with E-state index in [4.69, 9.17) is 27.9 Å². The minimum Gasteiger partial charge on any atom is -0.456 e. The topological polar surface area (TPSA) is 64.4 Å². The maximum Gasteiger partial charge on any atom is 0.357 e. The average molecular weight is 520 g/mol. The molecule has 1 atom stereocenters. The second-order valence-corrected chi connectivity index (χ2v) is 9.92.